The molecule has 26 heavy (non-hydrogen) atoms. The summed E-state index contributed by atoms with van der Waals surface area (Å²) in [5.41, 5.74) is 2.76. The fourth-order valence-electron chi connectivity index (χ4n) is 2.70. The number of carbonyl (C=O) groups is 2. The Labute approximate surface area is 149 Å². The summed E-state index contributed by atoms with van der Waals surface area (Å²) in [5.74, 6) is -1.32. The maximum Gasteiger partial charge on any atom is 0.421 e. The van der Waals surface area contributed by atoms with Gasteiger partial charge in [0.25, 0.3) is 17.4 Å². The third-order valence-corrected chi connectivity index (χ3v) is 5.16. The number of hydrazine groups is 1. The highest BCUT2D eigenvalue weighted by molar-refractivity contribution is 7.14. The largest absolute Gasteiger partial charge is 0.421 e. The van der Waals surface area contributed by atoms with Crippen molar-refractivity contribution in [1.29, 1.82) is 0 Å². The molecule has 0 radical (unpaired) electrons. The minimum Gasteiger partial charge on any atom is -0.306 e. The van der Waals surface area contributed by atoms with E-state index in [0.717, 1.165) is 42.0 Å². The number of amides is 2. The molecule has 2 heterocycles. The summed E-state index contributed by atoms with van der Waals surface area (Å²) in [5, 5.41) is 0. The molecule has 2 N–H and O–H groups in total. The highest BCUT2D eigenvalue weighted by Gasteiger charge is 2.34. The van der Waals surface area contributed by atoms with Crippen molar-refractivity contribution in [3.63, 3.8) is 0 Å². The third kappa shape index (κ3) is 3.79. The van der Waals surface area contributed by atoms with Gasteiger partial charge in [0.15, 0.2) is 0 Å². The van der Waals surface area contributed by atoms with Gasteiger partial charge in [-0.25, -0.2) is 0 Å². The first-order chi connectivity index (χ1) is 12.3. The zero-order valence-corrected chi connectivity index (χ0v) is 14.2. The molecule has 0 bridgehead atoms. The smallest absolute Gasteiger partial charge is 0.306 e. The van der Waals surface area contributed by atoms with E-state index in [9.17, 15) is 27.6 Å². The number of thiophene rings is 1. The molecule has 1 aliphatic rings. The fraction of sp³-hybridized carbons (Fsp3) is 0.312. The summed E-state index contributed by atoms with van der Waals surface area (Å²) in [4.78, 5) is 37.2. The summed E-state index contributed by atoms with van der Waals surface area (Å²) >= 11 is 1.35. The zero-order valence-electron chi connectivity index (χ0n) is 13.4. The summed E-state index contributed by atoms with van der Waals surface area (Å²) in [6, 6.07) is 3.45. The Balaban J connectivity index is 1.61. The standard InChI is InChI=1S/C16H14F3N3O3S/c17-16(18,19)10-4-2-6-22(15(10)25)8-13(23)20-21-14(24)12-7-9-3-1-5-11(9)26-12/h2,4,6-7H,1,3,5,8H2,(H,20,23)(H,21,24). The second-order valence-electron chi connectivity index (χ2n) is 5.77. The van der Waals surface area contributed by atoms with Gasteiger partial charge in [0, 0.05) is 11.1 Å². The SMILES string of the molecule is O=C(Cn1cccc(C(F)(F)F)c1=O)NNC(=O)c1cc2c(s1)CCC2. The molecule has 0 saturated carbocycles. The monoisotopic (exact) mass is 385 g/mol. The fourth-order valence-corrected chi connectivity index (χ4v) is 3.85. The van der Waals surface area contributed by atoms with Gasteiger partial charge in [-0.2, -0.15) is 13.2 Å². The lowest BCUT2D eigenvalue weighted by Gasteiger charge is -2.11. The highest BCUT2D eigenvalue weighted by Crippen LogP contribution is 2.30. The van der Waals surface area contributed by atoms with Crippen LogP contribution in [-0.4, -0.2) is 16.4 Å². The first-order valence-corrected chi connectivity index (χ1v) is 8.55. The number of halogens is 3. The number of nitrogens with one attached hydrogen (secondary N) is 2. The van der Waals surface area contributed by atoms with Gasteiger partial charge < -0.3 is 4.57 Å². The molecule has 1 aliphatic carbocycles. The lowest BCUT2D eigenvalue weighted by molar-refractivity contribution is -0.139. The average molecular weight is 385 g/mol. The Morgan fingerprint density at radius 2 is 2.00 bits per heavy atom. The van der Waals surface area contributed by atoms with Gasteiger partial charge in [0.05, 0.1) is 4.88 Å². The molecule has 2 amide bonds. The van der Waals surface area contributed by atoms with Crippen LogP contribution in [0.1, 0.15) is 32.1 Å². The van der Waals surface area contributed by atoms with Crippen LogP contribution in [0.3, 0.4) is 0 Å². The van der Waals surface area contributed by atoms with E-state index in [1.54, 1.807) is 6.07 Å². The average Bonchev–Trinajstić information content (AvgIpc) is 3.15. The van der Waals surface area contributed by atoms with Crippen LogP contribution < -0.4 is 16.4 Å². The van der Waals surface area contributed by atoms with E-state index in [1.807, 2.05) is 0 Å². The van der Waals surface area contributed by atoms with Crippen LogP contribution in [0.5, 0.6) is 0 Å². The Hall–Kier alpha value is -2.62. The number of aryl methyl sites for hydroxylation is 2. The number of aromatic nitrogens is 1. The molecular formula is C16H14F3N3O3S. The lowest BCUT2D eigenvalue weighted by atomic mass is 10.2. The van der Waals surface area contributed by atoms with E-state index in [2.05, 4.69) is 10.9 Å². The van der Waals surface area contributed by atoms with E-state index >= 15 is 0 Å². The molecule has 2 aromatic rings. The minimum absolute atomic E-state index is 0.450. The van der Waals surface area contributed by atoms with Crippen molar-refractivity contribution in [1.82, 2.24) is 15.4 Å². The van der Waals surface area contributed by atoms with E-state index in [0.29, 0.717) is 15.5 Å². The van der Waals surface area contributed by atoms with Crippen LogP contribution in [0.15, 0.2) is 29.2 Å². The molecule has 0 aromatic carbocycles. The lowest BCUT2D eigenvalue weighted by Crippen LogP contribution is -2.44. The maximum atomic E-state index is 12.7. The highest BCUT2D eigenvalue weighted by atomic mass is 32.1. The maximum absolute atomic E-state index is 12.7. The molecule has 10 heteroatoms. The Morgan fingerprint density at radius 3 is 2.69 bits per heavy atom. The quantitative estimate of drug-likeness (QED) is 0.792. The van der Waals surface area contributed by atoms with Crippen LogP contribution >= 0.6 is 11.3 Å². The van der Waals surface area contributed by atoms with Gasteiger partial charge in [0.2, 0.25) is 0 Å². The molecule has 3 rings (SSSR count). The minimum atomic E-state index is -4.80. The normalized spacial score (nSPS) is 13.3. The predicted molar refractivity (Wildman–Crippen MR) is 87.7 cm³/mol. The predicted octanol–water partition coefficient (Wildman–Crippen LogP) is 1.88. The van der Waals surface area contributed by atoms with Crippen molar-refractivity contribution >= 4 is 23.2 Å². The number of fused-ring (bicyclic) bond motifs is 1. The second kappa shape index (κ2) is 6.94. The number of rotatable bonds is 3. The molecule has 2 aromatic heterocycles. The van der Waals surface area contributed by atoms with Crippen molar-refractivity contribution in [3.05, 3.63) is 55.6 Å². The molecule has 0 unspecified atom stereocenters. The molecule has 0 fully saturated rings. The van der Waals surface area contributed by atoms with Crippen LogP contribution in [0.2, 0.25) is 0 Å². The third-order valence-electron chi connectivity index (χ3n) is 3.93. The number of carbonyl (C=O) groups excluding carboxylic acids is 2. The number of hydrogen-bond acceptors (Lipinski definition) is 4. The molecule has 0 aliphatic heterocycles. The topological polar surface area (TPSA) is 80.2 Å². The van der Waals surface area contributed by atoms with Crippen LogP contribution in [0, 0.1) is 0 Å². The van der Waals surface area contributed by atoms with Gasteiger partial charge in [-0.1, -0.05) is 0 Å². The van der Waals surface area contributed by atoms with E-state index < -0.39 is 35.7 Å². The molecule has 0 saturated heterocycles. The second-order valence-corrected chi connectivity index (χ2v) is 6.90. The van der Waals surface area contributed by atoms with Crippen LogP contribution in [-0.2, 0) is 30.4 Å². The van der Waals surface area contributed by atoms with Crippen molar-refractivity contribution in [2.24, 2.45) is 0 Å². The zero-order chi connectivity index (χ0) is 18.9. The summed E-state index contributed by atoms with van der Waals surface area (Å²) in [6.07, 6.45) is -0.819. The number of hydrogen-bond donors (Lipinski definition) is 2. The van der Waals surface area contributed by atoms with Crippen LogP contribution in [0.4, 0.5) is 13.2 Å². The van der Waals surface area contributed by atoms with Gasteiger partial charge in [-0.3, -0.25) is 25.2 Å². The van der Waals surface area contributed by atoms with Crippen molar-refractivity contribution in [2.45, 2.75) is 32.0 Å². The number of alkyl halides is 3. The van der Waals surface area contributed by atoms with Crippen molar-refractivity contribution in [2.75, 3.05) is 0 Å². The molecule has 138 valence electrons. The summed E-state index contributed by atoms with van der Waals surface area (Å²) in [6.45, 7) is -0.649. The van der Waals surface area contributed by atoms with Gasteiger partial charge in [-0.15, -0.1) is 11.3 Å². The van der Waals surface area contributed by atoms with Crippen molar-refractivity contribution < 1.29 is 22.8 Å². The molecule has 0 atom stereocenters. The number of pyridine rings is 1. The van der Waals surface area contributed by atoms with E-state index in [-0.39, 0.29) is 0 Å². The molecular weight excluding hydrogens is 371 g/mol. The first kappa shape index (κ1) is 18.2. The Bertz CT molecular complexity index is 896. The molecule has 0 spiro atoms. The van der Waals surface area contributed by atoms with E-state index in [4.69, 9.17) is 0 Å². The van der Waals surface area contributed by atoms with Gasteiger partial charge in [0.1, 0.15) is 12.1 Å². The van der Waals surface area contributed by atoms with Gasteiger partial charge >= 0.3 is 6.18 Å². The summed E-state index contributed by atoms with van der Waals surface area (Å²) in [7, 11) is 0. The Kier molecular flexibility index (Phi) is 4.86. The van der Waals surface area contributed by atoms with Crippen molar-refractivity contribution in [3.8, 4) is 0 Å². The van der Waals surface area contributed by atoms with E-state index in [1.165, 1.54) is 11.3 Å². The summed E-state index contributed by atoms with van der Waals surface area (Å²) < 4.78 is 38.7. The van der Waals surface area contributed by atoms with Gasteiger partial charge in [-0.05, 0) is 43.0 Å². The Morgan fingerprint density at radius 1 is 1.23 bits per heavy atom. The molecule has 6 nitrogen and oxygen atoms in total. The van der Waals surface area contributed by atoms with Crippen LogP contribution in [0.25, 0.3) is 0 Å². The number of nitrogens with zero attached hydrogens (tertiary/aromatic N) is 1. The first-order valence-electron chi connectivity index (χ1n) is 7.73.